The van der Waals surface area contributed by atoms with E-state index in [-0.39, 0.29) is 33.3 Å². The molecule has 1 unspecified atom stereocenters. The first-order valence-electron chi connectivity index (χ1n) is 13.6. The lowest BCUT2D eigenvalue weighted by Gasteiger charge is -2.37. The largest absolute Gasteiger partial charge is 0.384 e. The lowest BCUT2D eigenvalue weighted by Crippen LogP contribution is -2.44. The molecule has 0 bridgehead atoms. The van der Waals surface area contributed by atoms with Gasteiger partial charge in [0.1, 0.15) is 11.6 Å². The zero-order valence-electron chi connectivity index (χ0n) is 24.2. The van der Waals surface area contributed by atoms with Crippen molar-refractivity contribution in [2.75, 3.05) is 30.3 Å². The summed E-state index contributed by atoms with van der Waals surface area (Å²) in [5, 5.41) is -0.338. The van der Waals surface area contributed by atoms with Crippen LogP contribution >= 0.6 is 0 Å². The van der Waals surface area contributed by atoms with E-state index in [1.165, 1.54) is 18.2 Å². The van der Waals surface area contributed by atoms with E-state index in [1.54, 1.807) is 12.1 Å². The molecule has 2 aliphatic rings. The molecule has 4 heterocycles. The van der Waals surface area contributed by atoms with Gasteiger partial charge in [-0.15, -0.1) is 0 Å². The smallest absolute Gasteiger partial charge is 0.281 e. The van der Waals surface area contributed by atoms with E-state index in [9.17, 15) is 18.0 Å². The third-order valence-corrected chi connectivity index (χ3v) is 9.06. The Morgan fingerprint density at radius 3 is 2.48 bits per heavy atom. The van der Waals surface area contributed by atoms with E-state index < -0.39 is 15.9 Å². The maximum absolute atomic E-state index is 13.5. The second-order valence-electron chi connectivity index (χ2n) is 12.5. The number of carbonyl (C=O) groups is 2. The van der Waals surface area contributed by atoms with Crippen molar-refractivity contribution in [2.24, 2.45) is 11.3 Å². The van der Waals surface area contributed by atoms with E-state index in [4.69, 9.17) is 10.7 Å². The van der Waals surface area contributed by atoms with Crippen molar-refractivity contribution in [3.05, 3.63) is 47.7 Å². The number of hydrogen-bond acceptors (Lipinski definition) is 8. The number of nitrogens with one attached hydrogen (secondary N) is 1. The Labute approximate surface area is 237 Å². The van der Waals surface area contributed by atoms with Crippen LogP contribution in [-0.4, -0.2) is 60.3 Å². The minimum Gasteiger partial charge on any atom is -0.384 e. The summed E-state index contributed by atoms with van der Waals surface area (Å²) in [7, 11) is -4.26. The number of amides is 2. The van der Waals surface area contributed by atoms with Gasteiger partial charge in [-0.25, -0.2) is 14.7 Å². The molecule has 216 valence electrons. The lowest BCUT2D eigenvalue weighted by molar-refractivity contribution is -0.132. The molecule has 1 saturated heterocycles. The number of aromatic nitrogens is 2. The first-order chi connectivity index (χ1) is 18.6. The van der Waals surface area contributed by atoms with Crippen LogP contribution in [0.2, 0.25) is 0 Å². The third kappa shape index (κ3) is 6.29. The molecule has 0 aliphatic carbocycles. The molecular formula is C29H40N6O4S. The summed E-state index contributed by atoms with van der Waals surface area (Å²) < 4.78 is 28.1. The summed E-state index contributed by atoms with van der Waals surface area (Å²) in [4.78, 5) is 39.1. The quantitative estimate of drug-likeness (QED) is 0.536. The Hall–Kier alpha value is -3.47. The first kappa shape index (κ1) is 29.5. The highest BCUT2D eigenvalue weighted by molar-refractivity contribution is 7.90. The molecule has 0 spiro atoms. The Morgan fingerprint density at radius 1 is 1.12 bits per heavy atom. The maximum Gasteiger partial charge on any atom is 0.281 e. The fourth-order valence-electron chi connectivity index (χ4n) is 5.14. The molecule has 10 nitrogen and oxygen atoms in total. The molecule has 4 rings (SSSR count). The Balaban J connectivity index is 1.69. The second kappa shape index (κ2) is 10.8. The van der Waals surface area contributed by atoms with Gasteiger partial charge in [0.15, 0.2) is 5.03 Å². The predicted molar refractivity (Wildman–Crippen MR) is 156 cm³/mol. The molecule has 2 aromatic heterocycles. The van der Waals surface area contributed by atoms with Gasteiger partial charge in [-0.1, -0.05) is 39.8 Å². The lowest BCUT2D eigenvalue weighted by atomic mass is 9.90. The van der Waals surface area contributed by atoms with Crippen molar-refractivity contribution < 1.29 is 18.0 Å². The average Bonchev–Trinajstić information content (AvgIpc) is 3.14. The zero-order valence-corrected chi connectivity index (χ0v) is 25.0. The normalized spacial score (nSPS) is 19.4. The van der Waals surface area contributed by atoms with Crippen molar-refractivity contribution in [1.29, 1.82) is 0 Å². The highest BCUT2D eigenvalue weighted by Gasteiger charge is 2.41. The highest BCUT2D eigenvalue weighted by atomic mass is 32.2. The molecule has 0 radical (unpaired) electrons. The predicted octanol–water partition coefficient (Wildman–Crippen LogP) is 3.85. The number of nitrogen functional groups attached to an aromatic ring is 1. The van der Waals surface area contributed by atoms with Gasteiger partial charge in [0.2, 0.25) is 5.91 Å². The Bertz CT molecular complexity index is 1440. The molecule has 2 aromatic rings. The molecule has 3 N–H and O–H groups in total. The van der Waals surface area contributed by atoms with Gasteiger partial charge in [0.25, 0.3) is 15.9 Å². The Kier molecular flexibility index (Phi) is 7.99. The van der Waals surface area contributed by atoms with Crippen molar-refractivity contribution in [3.8, 4) is 0 Å². The zero-order chi connectivity index (χ0) is 29.5. The second-order valence-corrected chi connectivity index (χ2v) is 14.1. The van der Waals surface area contributed by atoms with Crippen LogP contribution in [0.5, 0.6) is 0 Å². The van der Waals surface area contributed by atoms with Crippen molar-refractivity contribution >= 4 is 39.0 Å². The topological polar surface area (TPSA) is 139 Å². The fraction of sp³-hybridized carbons (Fsp3) is 0.517. The van der Waals surface area contributed by atoms with Gasteiger partial charge in [-0.05, 0) is 67.9 Å². The number of nitrogens with two attached hydrogens (primary N) is 1. The number of sulfonamides is 1. The van der Waals surface area contributed by atoms with Gasteiger partial charge in [0, 0.05) is 31.6 Å². The maximum atomic E-state index is 13.5. The van der Waals surface area contributed by atoms with Crippen LogP contribution in [-0.2, 0) is 14.8 Å². The minimum absolute atomic E-state index is 0.0330. The van der Waals surface area contributed by atoms with Crippen LogP contribution in [0.4, 0.5) is 11.6 Å². The summed E-state index contributed by atoms with van der Waals surface area (Å²) in [6, 6.07) is 7.55. The molecule has 2 amide bonds. The monoisotopic (exact) mass is 568 g/mol. The van der Waals surface area contributed by atoms with Crippen LogP contribution in [0.1, 0.15) is 76.9 Å². The highest BCUT2D eigenvalue weighted by Crippen LogP contribution is 2.39. The minimum atomic E-state index is -4.26. The fourth-order valence-corrected chi connectivity index (χ4v) is 6.08. The summed E-state index contributed by atoms with van der Waals surface area (Å²) in [6.07, 6.45) is 4.15. The summed E-state index contributed by atoms with van der Waals surface area (Å²) in [6.45, 7) is 14.2. The summed E-state index contributed by atoms with van der Waals surface area (Å²) >= 11 is 0. The van der Waals surface area contributed by atoms with Gasteiger partial charge in [-0.2, -0.15) is 8.42 Å². The van der Waals surface area contributed by atoms with Crippen LogP contribution in [0, 0.1) is 11.3 Å². The molecular weight excluding hydrogens is 528 g/mol. The standard InChI is InChI=1S/C29H40N6O4S/c1-19-14-16-35(29(19,5)6)26-21(27(37)33-40(38,39)24-11-7-10-23(30)32-24)12-13-22(31-26)20-9-8-15-34(18-20)25(36)17-28(2,3)4/h7,9-13,19H,8,14-18H2,1-6H3,(H2,30,32)(H,33,37). The van der Waals surface area contributed by atoms with Crippen LogP contribution < -0.4 is 15.4 Å². The van der Waals surface area contributed by atoms with Crippen molar-refractivity contribution in [2.45, 2.75) is 71.4 Å². The molecule has 1 fully saturated rings. The van der Waals surface area contributed by atoms with Crippen LogP contribution in [0.15, 0.2) is 41.4 Å². The number of pyridine rings is 2. The molecule has 11 heteroatoms. The number of nitrogens with zero attached hydrogens (tertiary/aromatic N) is 4. The number of carbonyl (C=O) groups excluding carboxylic acids is 2. The van der Waals surface area contributed by atoms with Crippen LogP contribution in [0.3, 0.4) is 0 Å². The van der Waals surface area contributed by atoms with E-state index >= 15 is 0 Å². The van der Waals surface area contributed by atoms with Gasteiger partial charge < -0.3 is 15.5 Å². The van der Waals surface area contributed by atoms with Crippen LogP contribution in [0.25, 0.3) is 5.57 Å². The van der Waals surface area contributed by atoms with Crippen molar-refractivity contribution in [3.63, 3.8) is 0 Å². The van der Waals surface area contributed by atoms with E-state index in [0.29, 0.717) is 49.9 Å². The first-order valence-corrected chi connectivity index (χ1v) is 15.1. The van der Waals surface area contributed by atoms with Gasteiger partial charge in [-0.3, -0.25) is 9.59 Å². The van der Waals surface area contributed by atoms with Gasteiger partial charge >= 0.3 is 0 Å². The van der Waals surface area contributed by atoms with E-state index in [0.717, 1.165) is 12.0 Å². The molecule has 2 aliphatic heterocycles. The van der Waals surface area contributed by atoms with Crippen molar-refractivity contribution in [1.82, 2.24) is 19.6 Å². The molecule has 0 saturated carbocycles. The summed E-state index contributed by atoms with van der Waals surface area (Å²) in [5.74, 6) is 0.0793. The van der Waals surface area contributed by atoms with Gasteiger partial charge in [0.05, 0.1) is 11.3 Å². The summed E-state index contributed by atoms with van der Waals surface area (Å²) in [5.41, 5.74) is 6.95. The Morgan fingerprint density at radius 2 is 1.85 bits per heavy atom. The number of rotatable bonds is 6. The SMILES string of the molecule is CC1CCN(c2nc(C3=CCCN(C(=O)CC(C)(C)C)C3)ccc2C(=O)NS(=O)(=O)c2cccc(N)n2)C1(C)C. The molecule has 0 aromatic carbocycles. The molecule has 1 atom stereocenters. The average molecular weight is 569 g/mol. The third-order valence-electron chi connectivity index (χ3n) is 7.82. The number of hydrogen-bond donors (Lipinski definition) is 2. The number of anilines is 2. The molecule has 40 heavy (non-hydrogen) atoms. The van der Waals surface area contributed by atoms with E-state index in [2.05, 4.69) is 41.5 Å². The van der Waals surface area contributed by atoms with E-state index in [1.807, 2.05) is 25.7 Å².